The maximum Gasteiger partial charge on any atom is 0.305 e. The van der Waals surface area contributed by atoms with Crippen molar-refractivity contribution in [1.82, 2.24) is 0 Å². The van der Waals surface area contributed by atoms with Gasteiger partial charge in [-0.1, -0.05) is 27.2 Å². The van der Waals surface area contributed by atoms with Gasteiger partial charge in [-0.3, -0.25) is 4.79 Å². The lowest BCUT2D eigenvalue weighted by molar-refractivity contribution is -0.144. The molecule has 0 aromatic carbocycles. The van der Waals surface area contributed by atoms with Crippen LogP contribution in [-0.4, -0.2) is 65.4 Å². The van der Waals surface area contributed by atoms with Gasteiger partial charge in [-0.25, -0.2) is 0 Å². The van der Waals surface area contributed by atoms with E-state index in [0.717, 1.165) is 25.9 Å². The summed E-state index contributed by atoms with van der Waals surface area (Å²) in [5.41, 5.74) is 0. The molecule has 0 aliphatic carbocycles. The molecule has 0 radical (unpaired) electrons. The number of hydrogen-bond acceptors (Lipinski definition) is 6. The highest BCUT2D eigenvalue weighted by Gasteiger charge is 2.03. The Balaban J connectivity index is 3.10. The van der Waals surface area contributed by atoms with Crippen LogP contribution in [0.5, 0.6) is 0 Å². The molecule has 6 nitrogen and oxygen atoms in total. The Hall–Kier alpha value is -0.690. The number of hydrogen-bond donors (Lipinski definition) is 0. The molecule has 25 heavy (non-hydrogen) atoms. The smallest absolute Gasteiger partial charge is 0.305 e. The third-order valence-electron chi connectivity index (χ3n) is 3.39. The van der Waals surface area contributed by atoms with Crippen LogP contribution in [0, 0.1) is 5.92 Å². The maximum atomic E-state index is 11.4. The van der Waals surface area contributed by atoms with E-state index in [1.165, 1.54) is 0 Å². The van der Waals surface area contributed by atoms with Crippen LogP contribution in [0.2, 0.25) is 0 Å². The Bertz CT molecular complexity index is 283. The van der Waals surface area contributed by atoms with Crippen LogP contribution in [0.1, 0.15) is 52.9 Å². The third kappa shape index (κ3) is 21.3. The Morgan fingerprint density at radius 1 is 0.720 bits per heavy atom. The van der Waals surface area contributed by atoms with E-state index in [-0.39, 0.29) is 5.97 Å². The van der Waals surface area contributed by atoms with Gasteiger partial charge in [0.2, 0.25) is 0 Å². The molecule has 0 N–H and O–H groups in total. The second-order valence-corrected chi connectivity index (χ2v) is 6.31. The van der Waals surface area contributed by atoms with E-state index in [4.69, 9.17) is 23.7 Å². The fourth-order valence-corrected chi connectivity index (χ4v) is 1.81. The van der Waals surface area contributed by atoms with Crippen LogP contribution in [0.15, 0.2) is 0 Å². The summed E-state index contributed by atoms with van der Waals surface area (Å²) in [4.78, 5) is 11.4. The second kappa shape index (κ2) is 19.6. The SMILES string of the molecule is CCCCOCCOCCOCCOCCCC(=O)OCCC(C)C. The van der Waals surface area contributed by atoms with E-state index >= 15 is 0 Å². The highest BCUT2D eigenvalue weighted by molar-refractivity contribution is 5.69. The molecular weight excluding hydrogens is 324 g/mol. The van der Waals surface area contributed by atoms with Crippen LogP contribution in [-0.2, 0) is 28.5 Å². The predicted octanol–water partition coefficient (Wildman–Crippen LogP) is 3.22. The molecule has 0 aromatic rings. The molecule has 150 valence electrons. The molecule has 6 heteroatoms. The average Bonchev–Trinajstić information content (AvgIpc) is 2.58. The van der Waals surface area contributed by atoms with Crippen LogP contribution in [0.4, 0.5) is 0 Å². The number of rotatable bonds is 19. The van der Waals surface area contributed by atoms with Gasteiger partial charge in [-0.2, -0.15) is 0 Å². The van der Waals surface area contributed by atoms with Crippen molar-refractivity contribution in [2.75, 3.05) is 59.5 Å². The lowest BCUT2D eigenvalue weighted by Gasteiger charge is -2.08. The number of carbonyl (C=O) groups is 1. The predicted molar refractivity (Wildman–Crippen MR) is 97.8 cm³/mol. The normalized spacial score (nSPS) is 11.2. The Kier molecular flexibility index (Phi) is 19.1. The van der Waals surface area contributed by atoms with E-state index in [2.05, 4.69) is 20.8 Å². The van der Waals surface area contributed by atoms with Gasteiger partial charge in [0, 0.05) is 19.6 Å². The van der Waals surface area contributed by atoms with Crippen molar-refractivity contribution in [3.05, 3.63) is 0 Å². The summed E-state index contributed by atoms with van der Waals surface area (Å²) in [6.45, 7) is 11.7. The lowest BCUT2D eigenvalue weighted by atomic mass is 10.1. The molecule has 0 amide bonds. The van der Waals surface area contributed by atoms with Crippen molar-refractivity contribution >= 4 is 5.97 Å². The summed E-state index contributed by atoms with van der Waals surface area (Å²) in [5, 5.41) is 0. The highest BCUT2D eigenvalue weighted by atomic mass is 16.6. The van der Waals surface area contributed by atoms with Crippen molar-refractivity contribution in [1.29, 1.82) is 0 Å². The minimum atomic E-state index is -0.142. The maximum absolute atomic E-state index is 11.4. The number of esters is 1. The fourth-order valence-electron chi connectivity index (χ4n) is 1.81. The Morgan fingerprint density at radius 3 is 1.68 bits per heavy atom. The Morgan fingerprint density at radius 2 is 1.20 bits per heavy atom. The zero-order valence-electron chi connectivity index (χ0n) is 16.4. The molecule has 0 rings (SSSR count). The van der Waals surface area contributed by atoms with Gasteiger partial charge in [0.15, 0.2) is 0 Å². The minimum Gasteiger partial charge on any atom is -0.466 e. The number of ether oxygens (including phenoxy) is 5. The summed E-state index contributed by atoms with van der Waals surface area (Å²) >= 11 is 0. The monoisotopic (exact) mass is 362 g/mol. The van der Waals surface area contributed by atoms with Crippen LogP contribution in [0.25, 0.3) is 0 Å². The summed E-state index contributed by atoms with van der Waals surface area (Å²) in [5.74, 6) is 0.414. The first-order valence-electron chi connectivity index (χ1n) is 9.63. The number of carbonyl (C=O) groups excluding carboxylic acids is 1. The largest absolute Gasteiger partial charge is 0.466 e. The van der Waals surface area contributed by atoms with Gasteiger partial charge in [-0.15, -0.1) is 0 Å². The molecule has 0 fully saturated rings. The molecule has 0 saturated heterocycles. The molecule has 0 unspecified atom stereocenters. The molecule has 0 aliphatic heterocycles. The summed E-state index contributed by atoms with van der Waals surface area (Å²) in [7, 11) is 0. The van der Waals surface area contributed by atoms with Crippen LogP contribution in [0.3, 0.4) is 0 Å². The highest BCUT2D eigenvalue weighted by Crippen LogP contribution is 2.01. The van der Waals surface area contributed by atoms with Crippen LogP contribution >= 0.6 is 0 Å². The van der Waals surface area contributed by atoms with Gasteiger partial charge in [0.1, 0.15) is 0 Å². The van der Waals surface area contributed by atoms with Gasteiger partial charge < -0.3 is 23.7 Å². The van der Waals surface area contributed by atoms with Crippen molar-refractivity contribution < 1.29 is 28.5 Å². The third-order valence-corrected chi connectivity index (χ3v) is 3.39. The van der Waals surface area contributed by atoms with Gasteiger partial charge >= 0.3 is 5.97 Å². The average molecular weight is 363 g/mol. The van der Waals surface area contributed by atoms with E-state index in [1.54, 1.807) is 0 Å². The standard InChI is InChI=1S/C19H38O6/c1-4-5-9-21-12-14-23-16-17-24-15-13-22-10-6-7-19(20)25-11-8-18(2)3/h18H,4-17H2,1-3H3. The van der Waals surface area contributed by atoms with Crippen molar-refractivity contribution in [2.45, 2.75) is 52.9 Å². The molecule has 0 aliphatic rings. The fraction of sp³-hybridized carbons (Fsp3) is 0.947. The molecule has 0 bridgehead atoms. The van der Waals surface area contributed by atoms with Crippen LogP contribution < -0.4 is 0 Å². The van der Waals surface area contributed by atoms with Gasteiger partial charge in [0.25, 0.3) is 0 Å². The molecule has 0 spiro atoms. The quantitative estimate of drug-likeness (QED) is 0.260. The zero-order valence-corrected chi connectivity index (χ0v) is 16.4. The van der Waals surface area contributed by atoms with Crippen molar-refractivity contribution in [3.8, 4) is 0 Å². The van der Waals surface area contributed by atoms with E-state index in [9.17, 15) is 4.79 Å². The first-order valence-corrected chi connectivity index (χ1v) is 9.63. The summed E-state index contributed by atoms with van der Waals surface area (Å²) in [6.07, 6.45) is 4.26. The van der Waals surface area contributed by atoms with E-state index in [1.807, 2.05) is 0 Å². The molecule has 0 saturated carbocycles. The molecule has 0 heterocycles. The van der Waals surface area contributed by atoms with E-state index < -0.39 is 0 Å². The zero-order chi connectivity index (χ0) is 18.6. The second-order valence-electron chi connectivity index (χ2n) is 6.31. The summed E-state index contributed by atoms with van der Waals surface area (Å²) < 4.78 is 26.7. The topological polar surface area (TPSA) is 63.2 Å². The van der Waals surface area contributed by atoms with E-state index in [0.29, 0.717) is 71.6 Å². The Labute approximate surface area is 153 Å². The molecule has 0 aromatic heterocycles. The molecule has 0 atom stereocenters. The van der Waals surface area contributed by atoms with Gasteiger partial charge in [0.05, 0.1) is 46.2 Å². The molecular formula is C19H38O6. The number of unbranched alkanes of at least 4 members (excludes halogenated alkanes) is 1. The van der Waals surface area contributed by atoms with Crippen molar-refractivity contribution in [3.63, 3.8) is 0 Å². The first-order chi connectivity index (χ1) is 12.2. The summed E-state index contributed by atoms with van der Waals surface area (Å²) in [6, 6.07) is 0. The lowest BCUT2D eigenvalue weighted by Crippen LogP contribution is -2.13. The first kappa shape index (κ1) is 24.3. The minimum absolute atomic E-state index is 0.142. The van der Waals surface area contributed by atoms with Crippen molar-refractivity contribution in [2.24, 2.45) is 5.92 Å². The van der Waals surface area contributed by atoms with Gasteiger partial charge in [-0.05, 0) is 25.2 Å².